The Morgan fingerprint density at radius 3 is 2.29 bits per heavy atom. The summed E-state index contributed by atoms with van der Waals surface area (Å²) in [6.45, 7) is 9.03. The highest BCUT2D eigenvalue weighted by molar-refractivity contribution is 6.76. The van der Waals surface area contributed by atoms with E-state index in [0.717, 1.165) is 26.1 Å². The number of ether oxygens (including phenoxy) is 2. The number of unbranched alkanes of at least 4 members (excludes halogenated alkanes) is 2. The Kier molecular flexibility index (Phi) is 8.50. The third kappa shape index (κ3) is 8.45. The van der Waals surface area contributed by atoms with Crippen LogP contribution in [0.1, 0.15) is 49.7 Å². The van der Waals surface area contributed by atoms with E-state index in [4.69, 9.17) is 9.47 Å². The average Bonchev–Trinajstić information content (AvgIpc) is 2.56. The van der Waals surface area contributed by atoms with Crippen molar-refractivity contribution in [3.63, 3.8) is 0 Å². The molecule has 0 amide bonds. The molecule has 0 aromatic heterocycles. The lowest BCUT2D eigenvalue weighted by atomic mass is 10.0. The molecule has 0 saturated carbocycles. The molecule has 1 aromatic rings. The first-order chi connectivity index (χ1) is 11.5. The average molecular weight is 349 g/mol. The monoisotopic (exact) mass is 348 g/mol. The van der Waals surface area contributed by atoms with Crippen LogP contribution in [0.3, 0.4) is 0 Å². The van der Waals surface area contributed by atoms with E-state index in [1.165, 1.54) is 55.7 Å². The summed E-state index contributed by atoms with van der Waals surface area (Å²) in [5.41, 5.74) is 2.84. The molecule has 0 spiro atoms. The Bertz CT molecular complexity index is 444. The van der Waals surface area contributed by atoms with Gasteiger partial charge in [0.1, 0.15) is 0 Å². The van der Waals surface area contributed by atoms with Crippen LogP contribution < -0.4 is 0 Å². The van der Waals surface area contributed by atoms with Crippen LogP contribution in [0.15, 0.2) is 24.3 Å². The fourth-order valence-corrected chi connectivity index (χ4v) is 4.50. The number of aryl methyl sites for hydroxylation is 1. The quantitative estimate of drug-likeness (QED) is 0.391. The Hall–Kier alpha value is -0.643. The van der Waals surface area contributed by atoms with E-state index in [2.05, 4.69) is 43.9 Å². The van der Waals surface area contributed by atoms with Gasteiger partial charge in [0.2, 0.25) is 0 Å². The number of hydrogen-bond acceptors (Lipinski definition) is 2. The molecule has 136 valence electrons. The fraction of sp³-hybridized carbons (Fsp3) is 0.714. The largest absolute Gasteiger partial charge is 0.353 e. The first-order valence-corrected chi connectivity index (χ1v) is 13.5. The van der Waals surface area contributed by atoms with Gasteiger partial charge in [-0.25, -0.2) is 0 Å². The van der Waals surface area contributed by atoms with E-state index in [1.807, 2.05) is 0 Å². The van der Waals surface area contributed by atoms with Crippen LogP contribution in [0.25, 0.3) is 0 Å². The zero-order valence-electron chi connectivity index (χ0n) is 16.0. The van der Waals surface area contributed by atoms with Crippen LogP contribution in [0.2, 0.25) is 25.7 Å². The molecule has 2 rings (SSSR count). The standard InChI is InChI=1S/C21H36O2Si/c1-24(2,3)18-8-4-5-9-19-11-13-20(14-12-19)15-17-23-21-10-6-7-16-22-21/h11-14,21H,4-10,15-18H2,1-3H3. The lowest BCUT2D eigenvalue weighted by Gasteiger charge is -2.22. The lowest BCUT2D eigenvalue weighted by Crippen LogP contribution is -2.23. The van der Waals surface area contributed by atoms with E-state index in [-0.39, 0.29) is 6.29 Å². The summed E-state index contributed by atoms with van der Waals surface area (Å²) in [5, 5.41) is 0. The van der Waals surface area contributed by atoms with Gasteiger partial charge in [-0.15, -0.1) is 0 Å². The Balaban J connectivity index is 1.58. The fourth-order valence-electron chi connectivity index (χ4n) is 3.18. The van der Waals surface area contributed by atoms with Crippen molar-refractivity contribution in [1.29, 1.82) is 0 Å². The topological polar surface area (TPSA) is 18.5 Å². The summed E-state index contributed by atoms with van der Waals surface area (Å²) < 4.78 is 11.4. The van der Waals surface area contributed by atoms with Crippen molar-refractivity contribution < 1.29 is 9.47 Å². The van der Waals surface area contributed by atoms with Crippen molar-refractivity contribution in [3.05, 3.63) is 35.4 Å². The van der Waals surface area contributed by atoms with Crippen LogP contribution in [0, 0.1) is 0 Å². The van der Waals surface area contributed by atoms with E-state index in [0.29, 0.717) is 0 Å². The van der Waals surface area contributed by atoms with E-state index in [9.17, 15) is 0 Å². The summed E-state index contributed by atoms with van der Waals surface area (Å²) in [4.78, 5) is 0. The third-order valence-corrected chi connectivity index (χ3v) is 6.60. The molecule has 2 nitrogen and oxygen atoms in total. The summed E-state index contributed by atoms with van der Waals surface area (Å²) in [6, 6.07) is 10.6. The van der Waals surface area contributed by atoms with Crippen molar-refractivity contribution in [3.8, 4) is 0 Å². The van der Waals surface area contributed by atoms with E-state index < -0.39 is 8.07 Å². The summed E-state index contributed by atoms with van der Waals surface area (Å²) in [5.74, 6) is 0. The van der Waals surface area contributed by atoms with Crippen LogP contribution in [-0.4, -0.2) is 27.6 Å². The Morgan fingerprint density at radius 1 is 0.958 bits per heavy atom. The van der Waals surface area contributed by atoms with Crippen molar-refractivity contribution in [1.82, 2.24) is 0 Å². The van der Waals surface area contributed by atoms with Gasteiger partial charge in [0.15, 0.2) is 6.29 Å². The molecule has 0 bridgehead atoms. The minimum atomic E-state index is -0.840. The molecule has 1 aliphatic heterocycles. The van der Waals surface area contributed by atoms with Gasteiger partial charge < -0.3 is 9.47 Å². The van der Waals surface area contributed by atoms with Crippen molar-refractivity contribution >= 4 is 8.07 Å². The van der Waals surface area contributed by atoms with Crippen LogP contribution in [-0.2, 0) is 22.3 Å². The zero-order valence-corrected chi connectivity index (χ0v) is 17.0. The molecular formula is C21H36O2Si. The van der Waals surface area contributed by atoms with Gasteiger partial charge >= 0.3 is 0 Å². The molecule has 24 heavy (non-hydrogen) atoms. The molecule has 1 unspecified atom stereocenters. The highest BCUT2D eigenvalue weighted by atomic mass is 28.3. The Morgan fingerprint density at radius 2 is 1.67 bits per heavy atom. The van der Waals surface area contributed by atoms with Crippen LogP contribution in [0.4, 0.5) is 0 Å². The third-order valence-electron chi connectivity index (χ3n) is 4.75. The zero-order chi connectivity index (χ0) is 17.3. The molecule has 3 heteroatoms. The molecule has 0 N–H and O–H groups in total. The van der Waals surface area contributed by atoms with Gasteiger partial charge in [-0.1, -0.05) is 62.8 Å². The maximum atomic E-state index is 5.82. The lowest BCUT2D eigenvalue weighted by molar-refractivity contribution is -0.161. The van der Waals surface area contributed by atoms with Crippen LogP contribution >= 0.6 is 0 Å². The molecule has 0 aliphatic carbocycles. The second-order valence-electron chi connectivity index (χ2n) is 8.35. The molecule has 1 heterocycles. The smallest absolute Gasteiger partial charge is 0.157 e. The van der Waals surface area contributed by atoms with Gasteiger partial charge in [0.25, 0.3) is 0 Å². The predicted octanol–water partition coefficient (Wildman–Crippen LogP) is 5.82. The first kappa shape index (κ1) is 19.7. The van der Waals surface area contributed by atoms with E-state index >= 15 is 0 Å². The SMILES string of the molecule is C[Si](C)(C)CCCCCc1ccc(CCOC2CCCCO2)cc1. The summed E-state index contributed by atoms with van der Waals surface area (Å²) in [7, 11) is -0.840. The minimum absolute atomic E-state index is 0.0363. The van der Waals surface area contributed by atoms with Crippen molar-refractivity contribution in [2.75, 3.05) is 13.2 Å². The maximum Gasteiger partial charge on any atom is 0.157 e. The Labute approximate surface area is 150 Å². The highest BCUT2D eigenvalue weighted by Gasteiger charge is 2.13. The number of hydrogen-bond donors (Lipinski definition) is 0. The molecule has 1 fully saturated rings. The molecule has 1 aromatic carbocycles. The molecule has 0 radical (unpaired) electrons. The summed E-state index contributed by atoms with van der Waals surface area (Å²) >= 11 is 0. The van der Waals surface area contributed by atoms with Gasteiger partial charge in [-0.05, 0) is 49.7 Å². The van der Waals surface area contributed by atoms with Gasteiger partial charge in [-0.3, -0.25) is 0 Å². The van der Waals surface area contributed by atoms with Gasteiger partial charge in [-0.2, -0.15) is 0 Å². The highest BCUT2D eigenvalue weighted by Crippen LogP contribution is 2.16. The molecule has 1 saturated heterocycles. The van der Waals surface area contributed by atoms with Gasteiger partial charge in [0, 0.05) is 14.7 Å². The van der Waals surface area contributed by atoms with Gasteiger partial charge in [0.05, 0.1) is 6.61 Å². The second kappa shape index (κ2) is 10.4. The van der Waals surface area contributed by atoms with Crippen molar-refractivity contribution in [2.24, 2.45) is 0 Å². The molecule has 1 aliphatic rings. The molecular weight excluding hydrogens is 312 g/mol. The summed E-state index contributed by atoms with van der Waals surface area (Å²) in [6.07, 6.45) is 9.82. The molecule has 1 atom stereocenters. The predicted molar refractivity (Wildman–Crippen MR) is 105 cm³/mol. The van der Waals surface area contributed by atoms with Crippen LogP contribution in [0.5, 0.6) is 0 Å². The van der Waals surface area contributed by atoms with Crippen molar-refractivity contribution in [2.45, 2.75) is 83.3 Å². The first-order valence-electron chi connectivity index (χ1n) is 9.84. The second-order valence-corrected chi connectivity index (χ2v) is 14.0. The number of benzene rings is 1. The number of rotatable bonds is 10. The van der Waals surface area contributed by atoms with E-state index in [1.54, 1.807) is 0 Å². The minimum Gasteiger partial charge on any atom is -0.353 e. The maximum absolute atomic E-state index is 5.82. The normalized spacial score (nSPS) is 18.7.